The number of nitrogens with zero attached hydrogens (tertiary/aromatic N) is 4. The van der Waals surface area contributed by atoms with Crippen LogP contribution in [0.4, 0.5) is 11.6 Å². The van der Waals surface area contributed by atoms with Crippen molar-refractivity contribution in [2.45, 2.75) is 52.7 Å². The molecule has 2 aromatic rings. The number of piperazine rings is 1. The second-order valence-corrected chi connectivity index (χ2v) is 9.21. The molecule has 12 heteroatoms. The van der Waals surface area contributed by atoms with Gasteiger partial charge in [0.2, 0.25) is 0 Å². The van der Waals surface area contributed by atoms with E-state index in [-0.39, 0.29) is 24.3 Å². The Morgan fingerprint density at radius 1 is 0.700 bits per heavy atom. The smallest absolute Gasteiger partial charge is 0.347 e. The van der Waals surface area contributed by atoms with Crippen LogP contribution in [-0.2, 0) is 28.5 Å². The molecule has 0 radical (unpaired) electrons. The predicted molar refractivity (Wildman–Crippen MR) is 145 cm³/mol. The van der Waals surface area contributed by atoms with E-state index in [1.807, 2.05) is 13.8 Å². The van der Waals surface area contributed by atoms with Gasteiger partial charge in [-0.2, -0.15) is 0 Å². The third kappa shape index (κ3) is 8.39. The summed E-state index contributed by atoms with van der Waals surface area (Å²) in [7, 11) is 0. The molecule has 40 heavy (non-hydrogen) atoms. The zero-order chi connectivity index (χ0) is 29.1. The van der Waals surface area contributed by atoms with Crippen LogP contribution in [0.5, 0.6) is 0 Å². The van der Waals surface area contributed by atoms with Crippen LogP contribution < -0.4 is 9.80 Å². The van der Waals surface area contributed by atoms with Crippen molar-refractivity contribution in [3.8, 4) is 0 Å². The number of esters is 4. The molecule has 2 aromatic heterocycles. The molecule has 12 nitrogen and oxygen atoms in total. The van der Waals surface area contributed by atoms with E-state index in [1.54, 1.807) is 24.3 Å². The van der Waals surface area contributed by atoms with E-state index < -0.39 is 36.1 Å². The van der Waals surface area contributed by atoms with Crippen LogP contribution >= 0.6 is 0 Å². The summed E-state index contributed by atoms with van der Waals surface area (Å²) in [6, 6.07) is 6.71. The molecule has 3 rings (SSSR count). The molecular weight excluding hydrogens is 520 g/mol. The number of hydrogen-bond acceptors (Lipinski definition) is 12. The molecule has 1 saturated heterocycles. The third-order valence-corrected chi connectivity index (χ3v) is 6.02. The summed E-state index contributed by atoms with van der Waals surface area (Å²) in [5.41, 5.74) is 0.486. The van der Waals surface area contributed by atoms with Crippen molar-refractivity contribution in [3.63, 3.8) is 0 Å². The van der Waals surface area contributed by atoms with Crippen molar-refractivity contribution in [2.75, 3.05) is 49.2 Å². The molecule has 0 unspecified atom stereocenters. The van der Waals surface area contributed by atoms with Crippen LogP contribution in [0.1, 0.15) is 61.3 Å². The molecular formula is C28H36N4O8. The molecule has 216 valence electrons. The fourth-order valence-corrected chi connectivity index (χ4v) is 3.75. The van der Waals surface area contributed by atoms with Crippen molar-refractivity contribution in [1.29, 1.82) is 0 Å². The second kappa shape index (κ2) is 14.8. The molecule has 0 N–H and O–H groups in total. The maximum absolute atomic E-state index is 12.4. The van der Waals surface area contributed by atoms with Gasteiger partial charge in [0.05, 0.1) is 24.3 Å². The van der Waals surface area contributed by atoms with Gasteiger partial charge >= 0.3 is 23.9 Å². The van der Waals surface area contributed by atoms with Crippen molar-refractivity contribution >= 4 is 35.5 Å². The standard InChI is InChI=1S/C28H36N4O8/c1-5-15-37-25(33)19(3)39-27(35)21-7-9-23(29-17-21)31-11-13-32(14-12-31)24-10-8-22(18-30-24)28(36)40-20(4)26(34)38-16-6-2/h7-10,17-20H,5-6,11-16H2,1-4H3/t19-,20-/m0/s1. The number of ether oxygens (including phenoxy) is 4. The van der Waals surface area contributed by atoms with Crippen LogP contribution in [0, 0.1) is 0 Å². The SMILES string of the molecule is CCCOC(=O)[C@H](C)OC(=O)c1ccc(N2CCN(c3ccc(C(=O)O[C@@H](C)C(=O)OCCC)cn3)CC2)nc1. The zero-order valence-electron chi connectivity index (χ0n) is 23.3. The van der Waals surface area contributed by atoms with E-state index in [0.29, 0.717) is 50.7 Å². The second-order valence-electron chi connectivity index (χ2n) is 9.21. The highest BCUT2D eigenvalue weighted by molar-refractivity contribution is 5.92. The summed E-state index contributed by atoms with van der Waals surface area (Å²) in [6.45, 7) is 9.92. The Hall–Kier alpha value is -4.22. The van der Waals surface area contributed by atoms with Gasteiger partial charge in [0.15, 0.2) is 12.2 Å². The summed E-state index contributed by atoms with van der Waals surface area (Å²) in [6.07, 6.45) is 2.22. The monoisotopic (exact) mass is 556 g/mol. The number of carbonyl (C=O) groups excluding carboxylic acids is 4. The Morgan fingerprint density at radius 3 is 1.38 bits per heavy atom. The van der Waals surface area contributed by atoms with Crippen molar-refractivity contribution in [2.24, 2.45) is 0 Å². The van der Waals surface area contributed by atoms with Crippen LogP contribution in [0.15, 0.2) is 36.7 Å². The molecule has 0 aromatic carbocycles. The lowest BCUT2D eigenvalue weighted by Crippen LogP contribution is -2.47. The van der Waals surface area contributed by atoms with Crippen molar-refractivity contribution in [1.82, 2.24) is 9.97 Å². The number of pyridine rings is 2. The van der Waals surface area contributed by atoms with Crippen molar-refractivity contribution in [3.05, 3.63) is 47.8 Å². The summed E-state index contributed by atoms with van der Waals surface area (Å²) in [5.74, 6) is -1.03. The minimum atomic E-state index is -1.00. The average molecular weight is 557 g/mol. The number of aromatic nitrogens is 2. The minimum Gasteiger partial charge on any atom is -0.463 e. The van der Waals surface area contributed by atoms with Crippen LogP contribution in [0.3, 0.4) is 0 Å². The lowest BCUT2D eigenvalue weighted by atomic mass is 10.2. The van der Waals surface area contributed by atoms with Crippen LogP contribution in [0.25, 0.3) is 0 Å². The Kier molecular flexibility index (Phi) is 11.2. The fraction of sp³-hybridized carbons (Fsp3) is 0.500. The molecule has 0 saturated carbocycles. The van der Waals surface area contributed by atoms with E-state index in [9.17, 15) is 19.2 Å². The van der Waals surface area contributed by atoms with E-state index in [1.165, 1.54) is 26.2 Å². The van der Waals surface area contributed by atoms with Gasteiger partial charge in [-0.3, -0.25) is 0 Å². The number of carbonyl (C=O) groups is 4. The first kappa shape index (κ1) is 30.3. The minimum absolute atomic E-state index is 0.243. The normalized spacial score (nSPS) is 14.6. The Labute approximate surface area is 233 Å². The summed E-state index contributed by atoms with van der Waals surface area (Å²) in [5, 5.41) is 0. The zero-order valence-corrected chi connectivity index (χ0v) is 23.3. The largest absolute Gasteiger partial charge is 0.463 e. The number of hydrogen-bond donors (Lipinski definition) is 0. The van der Waals surface area contributed by atoms with Gasteiger partial charge in [-0.15, -0.1) is 0 Å². The topological polar surface area (TPSA) is 137 Å². The average Bonchev–Trinajstić information content (AvgIpc) is 2.98. The molecule has 1 aliphatic heterocycles. The van der Waals surface area contributed by atoms with Crippen LogP contribution in [-0.4, -0.2) is 85.4 Å². The van der Waals surface area contributed by atoms with E-state index >= 15 is 0 Å². The highest BCUT2D eigenvalue weighted by atomic mass is 16.6. The molecule has 1 aliphatic rings. The van der Waals surface area contributed by atoms with E-state index in [2.05, 4.69) is 19.8 Å². The van der Waals surface area contributed by atoms with E-state index in [4.69, 9.17) is 18.9 Å². The fourth-order valence-electron chi connectivity index (χ4n) is 3.75. The highest BCUT2D eigenvalue weighted by Crippen LogP contribution is 2.19. The number of rotatable bonds is 12. The van der Waals surface area contributed by atoms with Crippen molar-refractivity contribution < 1.29 is 38.1 Å². The molecule has 2 atom stereocenters. The molecule has 0 aliphatic carbocycles. The maximum atomic E-state index is 12.4. The van der Waals surface area contributed by atoms with Gasteiger partial charge in [0.25, 0.3) is 0 Å². The number of anilines is 2. The predicted octanol–water partition coefficient (Wildman–Crippen LogP) is 2.80. The molecule has 0 spiro atoms. The molecule has 3 heterocycles. The van der Waals surface area contributed by atoms with Gasteiger partial charge in [0.1, 0.15) is 11.6 Å². The van der Waals surface area contributed by atoms with Gasteiger partial charge in [-0.1, -0.05) is 13.8 Å². The van der Waals surface area contributed by atoms with Gasteiger partial charge in [-0.25, -0.2) is 29.1 Å². The Bertz CT molecular complexity index is 1060. The van der Waals surface area contributed by atoms with E-state index in [0.717, 1.165) is 0 Å². The lowest BCUT2D eigenvalue weighted by molar-refractivity contribution is -0.153. The molecule has 0 bridgehead atoms. The first-order valence-electron chi connectivity index (χ1n) is 13.4. The van der Waals surface area contributed by atoms with Gasteiger partial charge in [0, 0.05) is 38.6 Å². The van der Waals surface area contributed by atoms with Gasteiger partial charge in [-0.05, 0) is 51.0 Å². The third-order valence-electron chi connectivity index (χ3n) is 6.02. The first-order chi connectivity index (χ1) is 19.2. The Balaban J connectivity index is 1.48. The van der Waals surface area contributed by atoms with Gasteiger partial charge < -0.3 is 28.7 Å². The summed E-state index contributed by atoms with van der Waals surface area (Å²) < 4.78 is 20.3. The highest BCUT2D eigenvalue weighted by Gasteiger charge is 2.23. The maximum Gasteiger partial charge on any atom is 0.347 e. The summed E-state index contributed by atoms with van der Waals surface area (Å²) >= 11 is 0. The first-order valence-corrected chi connectivity index (χ1v) is 13.4. The Morgan fingerprint density at radius 2 is 1.07 bits per heavy atom. The van der Waals surface area contributed by atoms with Crippen LogP contribution in [0.2, 0.25) is 0 Å². The molecule has 1 fully saturated rings. The summed E-state index contributed by atoms with van der Waals surface area (Å²) in [4.78, 5) is 61.3. The quantitative estimate of drug-likeness (QED) is 0.281. The molecule has 0 amide bonds. The lowest BCUT2D eigenvalue weighted by Gasteiger charge is -2.36.